The molecule has 6 heteroatoms. The smallest absolute Gasteiger partial charge is 0.266 e. The van der Waals surface area contributed by atoms with E-state index in [9.17, 15) is 4.79 Å². The third-order valence-corrected chi connectivity index (χ3v) is 4.86. The molecule has 0 N–H and O–H groups in total. The number of amides is 1. The molecule has 0 spiro atoms. The number of nitrogens with zero attached hydrogens (tertiary/aromatic N) is 3. The predicted octanol–water partition coefficient (Wildman–Crippen LogP) is 4.08. The summed E-state index contributed by atoms with van der Waals surface area (Å²) in [5.74, 6) is 0.00313. The van der Waals surface area contributed by atoms with E-state index in [1.54, 1.807) is 11.1 Å². The molecule has 4 nitrogen and oxygen atoms in total. The second kappa shape index (κ2) is 6.46. The van der Waals surface area contributed by atoms with Crippen molar-refractivity contribution in [1.82, 2.24) is 9.88 Å². The lowest BCUT2D eigenvalue weighted by Gasteiger charge is -2.11. The van der Waals surface area contributed by atoms with E-state index in [0.717, 1.165) is 5.56 Å². The number of carbonyl (C=O) groups is 1. The average molecular weight is 329 g/mol. The Kier molecular flexibility index (Phi) is 4.40. The van der Waals surface area contributed by atoms with Crippen LogP contribution in [0.3, 0.4) is 0 Å². The Morgan fingerprint density at radius 2 is 2.09 bits per heavy atom. The molecule has 0 aliphatic carbocycles. The molecule has 2 aromatic rings. The van der Waals surface area contributed by atoms with E-state index in [0.29, 0.717) is 21.7 Å². The minimum atomic E-state index is 0.00313. The molecular formula is C16H15N3OS2. The number of likely N-dealkylation sites (N-methyl/N-ethyl adjacent to an activating group) is 1. The van der Waals surface area contributed by atoms with Crippen molar-refractivity contribution >= 4 is 45.4 Å². The van der Waals surface area contributed by atoms with Crippen molar-refractivity contribution < 1.29 is 4.79 Å². The molecule has 1 aromatic heterocycles. The van der Waals surface area contributed by atoms with E-state index in [1.165, 1.54) is 28.7 Å². The topological polar surface area (TPSA) is 45.6 Å². The van der Waals surface area contributed by atoms with Crippen molar-refractivity contribution in [3.8, 4) is 0 Å². The fourth-order valence-electron chi connectivity index (χ4n) is 2.04. The highest BCUT2D eigenvalue weighted by molar-refractivity contribution is 8.18. The van der Waals surface area contributed by atoms with Gasteiger partial charge in [0.15, 0.2) is 5.17 Å². The van der Waals surface area contributed by atoms with Crippen molar-refractivity contribution in [2.24, 2.45) is 4.99 Å². The van der Waals surface area contributed by atoms with Crippen LogP contribution in [0.1, 0.15) is 18.1 Å². The van der Waals surface area contributed by atoms with Gasteiger partial charge in [-0.05, 0) is 37.2 Å². The first-order valence-electron chi connectivity index (χ1n) is 6.93. The number of aryl methyl sites for hydroxylation is 1. The third-order valence-electron chi connectivity index (χ3n) is 3.19. The molecule has 1 fully saturated rings. The number of rotatable bonds is 3. The molecule has 1 aliphatic heterocycles. The van der Waals surface area contributed by atoms with E-state index in [4.69, 9.17) is 0 Å². The highest BCUT2D eigenvalue weighted by Crippen LogP contribution is 2.34. The first-order chi connectivity index (χ1) is 10.7. The standard InChI is InChI=1S/C16H15N3OS2/c1-3-19-14(20)13(10-12-6-4-11(2)5-7-12)22-16(19)18-15-17-8-9-21-15/h4-10H,3H2,1-2H3/b13-10-,18-16+. The molecule has 112 valence electrons. The van der Waals surface area contributed by atoms with Crippen molar-refractivity contribution in [3.63, 3.8) is 0 Å². The van der Waals surface area contributed by atoms with Crippen molar-refractivity contribution in [2.45, 2.75) is 13.8 Å². The van der Waals surface area contributed by atoms with Crippen molar-refractivity contribution in [2.75, 3.05) is 6.54 Å². The summed E-state index contributed by atoms with van der Waals surface area (Å²) in [5, 5.41) is 3.24. The Hall–Kier alpha value is -1.92. The first kappa shape index (κ1) is 15.0. The second-order valence-electron chi connectivity index (χ2n) is 4.78. The molecule has 0 atom stereocenters. The summed E-state index contributed by atoms with van der Waals surface area (Å²) in [7, 11) is 0. The predicted molar refractivity (Wildman–Crippen MR) is 93.3 cm³/mol. The minimum absolute atomic E-state index is 0.00313. The summed E-state index contributed by atoms with van der Waals surface area (Å²) in [4.78, 5) is 23.5. The van der Waals surface area contributed by atoms with Gasteiger partial charge in [0.1, 0.15) is 0 Å². The molecule has 2 heterocycles. The highest BCUT2D eigenvalue weighted by Gasteiger charge is 2.32. The Bertz CT molecular complexity index is 733. The van der Waals surface area contributed by atoms with Gasteiger partial charge >= 0.3 is 0 Å². The number of thiazole rings is 1. The van der Waals surface area contributed by atoms with Gasteiger partial charge in [0, 0.05) is 18.1 Å². The monoisotopic (exact) mass is 329 g/mol. The van der Waals surface area contributed by atoms with Gasteiger partial charge in [0.05, 0.1) is 4.91 Å². The summed E-state index contributed by atoms with van der Waals surface area (Å²) in [5.41, 5.74) is 2.22. The number of aromatic nitrogens is 1. The minimum Gasteiger partial charge on any atom is -0.287 e. The Balaban J connectivity index is 1.91. The molecule has 3 rings (SSSR count). The zero-order valence-corrected chi connectivity index (χ0v) is 13.9. The van der Waals surface area contributed by atoms with Crippen LogP contribution in [0.5, 0.6) is 0 Å². The summed E-state index contributed by atoms with van der Waals surface area (Å²) in [6.07, 6.45) is 3.63. The molecule has 1 saturated heterocycles. The quantitative estimate of drug-likeness (QED) is 0.797. The van der Waals surface area contributed by atoms with Gasteiger partial charge in [0.25, 0.3) is 5.91 Å². The molecule has 1 amide bonds. The Morgan fingerprint density at radius 1 is 1.32 bits per heavy atom. The van der Waals surface area contributed by atoms with Crippen LogP contribution in [0.4, 0.5) is 5.13 Å². The van der Waals surface area contributed by atoms with Crippen LogP contribution in [-0.2, 0) is 4.79 Å². The number of amidine groups is 1. The average Bonchev–Trinajstić information content (AvgIpc) is 3.11. The summed E-state index contributed by atoms with van der Waals surface area (Å²) in [6, 6.07) is 8.11. The van der Waals surface area contributed by atoms with Gasteiger partial charge in [-0.15, -0.1) is 11.3 Å². The Labute approximate surface area is 137 Å². The van der Waals surface area contributed by atoms with Crippen LogP contribution in [0.15, 0.2) is 45.7 Å². The van der Waals surface area contributed by atoms with E-state index in [2.05, 4.69) is 9.98 Å². The van der Waals surface area contributed by atoms with Gasteiger partial charge in [-0.2, -0.15) is 4.99 Å². The molecule has 0 unspecified atom stereocenters. The summed E-state index contributed by atoms with van der Waals surface area (Å²) >= 11 is 2.86. The number of hydrogen-bond acceptors (Lipinski definition) is 5. The van der Waals surface area contributed by atoms with Crippen LogP contribution in [0.25, 0.3) is 6.08 Å². The maximum Gasteiger partial charge on any atom is 0.266 e. The summed E-state index contributed by atoms with van der Waals surface area (Å²) in [6.45, 7) is 4.59. The largest absolute Gasteiger partial charge is 0.287 e. The second-order valence-corrected chi connectivity index (χ2v) is 6.66. The zero-order chi connectivity index (χ0) is 15.5. The van der Waals surface area contributed by atoms with Crippen molar-refractivity contribution in [3.05, 3.63) is 51.9 Å². The number of thioether (sulfide) groups is 1. The molecular weight excluding hydrogens is 314 g/mol. The van der Waals surface area contributed by atoms with E-state index in [-0.39, 0.29) is 5.91 Å². The number of carbonyl (C=O) groups excluding carboxylic acids is 1. The van der Waals surface area contributed by atoms with Crippen molar-refractivity contribution in [1.29, 1.82) is 0 Å². The first-order valence-corrected chi connectivity index (χ1v) is 8.63. The van der Waals surface area contributed by atoms with Gasteiger partial charge in [-0.3, -0.25) is 9.69 Å². The molecule has 1 aliphatic rings. The number of benzene rings is 1. The zero-order valence-electron chi connectivity index (χ0n) is 12.3. The van der Waals surface area contributed by atoms with E-state index >= 15 is 0 Å². The highest BCUT2D eigenvalue weighted by atomic mass is 32.2. The lowest BCUT2D eigenvalue weighted by molar-refractivity contribution is -0.122. The number of hydrogen-bond donors (Lipinski definition) is 0. The molecule has 0 bridgehead atoms. The van der Waals surface area contributed by atoms with Gasteiger partial charge in [-0.1, -0.05) is 29.8 Å². The van der Waals surface area contributed by atoms with Gasteiger partial charge in [-0.25, -0.2) is 4.98 Å². The third kappa shape index (κ3) is 3.13. The SMILES string of the molecule is CCN1C(=O)/C(=C/c2ccc(C)cc2)S/C1=N/c1nccs1. The molecule has 22 heavy (non-hydrogen) atoms. The fraction of sp³-hybridized carbons (Fsp3) is 0.188. The van der Waals surface area contributed by atoms with Gasteiger partial charge < -0.3 is 0 Å². The van der Waals surface area contributed by atoms with Crippen LogP contribution >= 0.6 is 23.1 Å². The van der Waals surface area contributed by atoms with Crippen LogP contribution < -0.4 is 0 Å². The molecule has 1 aromatic carbocycles. The lowest BCUT2D eigenvalue weighted by atomic mass is 10.1. The maximum absolute atomic E-state index is 12.5. The molecule has 0 saturated carbocycles. The fourth-order valence-corrected chi connectivity index (χ4v) is 3.64. The Morgan fingerprint density at radius 3 is 2.73 bits per heavy atom. The maximum atomic E-state index is 12.5. The normalized spacial score (nSPS) is 18.6. The van der Waals surface area contributed by atoms with Crippen LogP contribution in [0.2, 0.25) is 0 Å². The van der Waals surface area contributed by atoms with E-state index < -0.39 is 0 Å². The molecule has 0 radical (unpaired) electrons. The van der Waals surface area contributed by atoms with Gasteiger partial charge in [0.2, 0.25) is 5.13 Å². The lowest BCUT2D eigenvalue weighted by Crippen LogP contribution is -2.28. The number of aliphatic imine (C=N–C) groups is 1. The summed E-state index contributed by atoms with van der Waals surface area (Å²) < 4.78 is 0. The van der Waals surface area contributed by atoms with Crippen LogP contribution in [0, 0.1) is 6.92 Å². The van der Waals surface area contributed by atoms with E-state index in [1.807, 2.05) is 49.6 Å². The van der Waals surface area contributed by atoms with Crippen LogP contribution in [-0.4, -0.2) is 27.5 Å².